The van der Waals surface area contributed by atoms with Crippen LogP contribution in [0.2, 0.25) is 0 Å². The summed E-state index contributed by atoms with van der Waals surface area (Å²) in [5.41, 5.74) is 1.38. The van der Waals surface area contributed by atoms with Gasteiger partial charge in [0.1, 0.15) is 0 Å². The van der Waals surface area contributed by atoms with Gasteiger partial charge in [-0.05, 0) is 24.7 Å². The minimum absolute atomic E-state index is 0.293. The highest BCUT2D eigenvalue weighted by Crippen LogP contribution is 2.47. The molecule has 1 aromatic heterocycles. The van der Waals surface area contributed by atoms with Gasteiger partial charge in [-0.3, -0.25) is 9.97 Å². The van der Waals surface area contributed by atoms with Crippen molar-refractivity contribution in [3.8, 4) is 0 Å². The van der Waals surface area contributed by atoms with Crippen LogP contribution >= 0.6 is 11.6 Å². The molecule has 2 rings (SSSR count). The highest BCUT2D eigenvalue weighted by Gasteiger charge is 2.37. The minimum Gasteiger partial charge on any atom is -0.261 e. The third-order valence-electron chi connectivity index (χ3n) is 3.48. The van der Waals surface area contributed by atoms with Crippen molar-refractivity contribution in [2.75, 3.05) is 0 Å². The molecule has 1 fully saturated rings. The van der Waals surface area contributed by atoms with Gasteiger partial charge in [0.25, 0.3) is 0 Å². The number of hydrogen-bond acceptors (Lipinski definition) is 2. The lowest BCUT2D eigenvalue weighted by Crippen LogP contribution is -2.31. The Morgan fingerprint density at radius 1 is 1.40 bits per heavy atom. The summed E-state index contributed by atoms with van der Waals surface area (Å²) in [6.45, 7) is 4.60. The Bertz CT molecular complexity index is 324. The van der Waals surface area contributed by atoms with Crippen LogP contribution < -0.4 is 0 Å². The Labute approximate surface area is 96.1 Å². The monoisotopic (exact) mass is 224 g/mol. The maximum atomic E-state index is 6.24. The van der Waals surface area contributed by atoms with Gasteiger partial charge >= 0.3 is 0 Å². The third kappa shape index (κ3) is 2.31. The average molecular weight is 225 g/mol. The van der Waals surface area contributed by atoms with Crippen LogP contribution in [0.25, 0.3) is 0 Å². The van der Waals surface area contributed by atoms with Crippen LogP contribution in [-0.4, -0.2) is 15.3 Å². The topological polar surface area (TPSA) is 25.8 Å². The Kier molecular flexibility index (Phi) is 2.96. The zero-order valence-electron chi connectivity index (χ0n) is 9.28. The van der Waals surface area contributed by atoms with E-state index in [1.54, 1.807) is 12.4 Å². The number of hydrogen-bond donors (Lipinski definition) is 0. The molecule has 0 aliphatic heterocycles. The third-order valence-corrected chi connectivity index (χ3v) is 3.87. The van der Waals surface area contributed by atoms with E-state index in [4.69, 9.17) is 11.6 Å². The van der Waals surface area contributed by atoms with E-state index in [-0.39, 0.29) is 0 Å². The van der Waals surface area contributed by atoms with Gasteiger partial charge in [0.2, 0.25) is 0 Å². The molecule has 1 aliphatic rings. The second-order valence-corrected chi connectivity index (χ2v) is 5.66. The Balaban J connectivity index is 2.26. The Hall–Kier alpha value is -0.630. The van der Waals surface area contributed by atoms with E-state index in [0.29, 0.717) is 16.7 Å². The van der Waals surface area contributed by atoms with Crippen LogP contribution in [0.3, 0.4) is 0 Å². The lowest BCUT2D eigenvalue weighted by Gasteiger charge is -2.40. The summed E-state index contributed by atoms with van der Waals surface area (Å²) in [4.78, 5) is 8.56. The molecule has 2 atom stereocenters. The Morgan fingerprint density at radius 3 is 2.87 bits per heavy atom. The average Bonchev–Trinajstić information content (AvgIpc) is 2.23. The molecule has 0 amide bonds. The predicted octanol–water partition coefficient (Wildman–Crippen LogP) is 3.38. The number of rotatable bonds is 1. The maximum Gasteiger partial charge on any atom is 0.0623 e. The summed E-state index contributed by atoms with van der Waals surface area (Å²) in [5.74, 6) is 0.447. The van der Waals surface area contributed by atoms with E-state index in [0.717, 1.165) is 18.5 Å². The van der Waals surface area contributed by atoms with E-state index in [2.05, 4.69) is 23.8 Å². The molecule has 82 valence electrons. The molecule has 0 radical (unpaired) electrons. The van der Waals surface area contributed by atoms with Crippen molar-refractivity contribution < 1.29 is 0 Å². The van der Waals surface area contributed by atoms with Gasteiger partial charge < -0.3 is 0 Å². The summed E-state index contributed by atoms with van der Waals surface area (Å²) in [5, 5.41) is 0.296. The summed E-state index contributed by atoms with van der Waals surface area (Å²) < 4.78 is 0. The Morgan fingerprint density at radius 2 is 2.20 bits per heavy atom. The standard InChI is InChI=1S/C12H17ClN2/c1-12(2)4-3-9(13)7-10(12)11-8-14-5-6-15-11/h5-6,8-10H,3-4,7H2,1-2H3. The summed E-state index contributed by atoms with van der Waals surface area (Å²) in [6.07, 6.45) is 8.67. The molecule has 0 bridgehead atoms. The molecule has 2 unspecified atom stereocenters. The predicted molar refractivity (Wildman–Crippen MR) is 62.0 cm³/mol. The normalized spacial score (nSPS) is 30.1. The van der Waals surface area contributed by atoms with E-state index in [1.165, 1.54) is 6.42 Å². The highest BCUT2D eigenvalue weighted by molar-refractivity contribution is 6.20. The molecule has 0 spiro atoms. The summed E-state index contributed by atoms with van der Waals surface area (Å²) >= 11 is 6.24. The number of nitrogens with zero attached hydrogens (tertiary/aromatic N) is 2. The van der Waals surface area contributed by atoms with E-state index in [9.17, 15) is 0 Å². The first-order valence-electron chi connectivity index (χ1n) is 5.49. The quantitative estimate of drug-likeness (QED) is 0.684. The van der Waals surface area contributed by atoms with Gasteiger partial charge in [0.15, 0.2) is 0 Å². The number of alkyl halides is 1. The van der Waals surface area contributed by atoms with Gasteiger partial charge in [-0.25, -0.2) is 0 Å². The van der Waals surface area contributed by atoms with Crippen LogP contribution in [0.4, 0.5) is 0 Å². The van der Waals surface area contributed by atoms with E-state index in [1.807, 2.05) is 6.20 Å². The molecular formula is C12H17ClN2. The molecule has 1 aliphatic carbocycles. The first-order valence-corrected chi connectivity index (χ1v) is 5.93. The lowest BCUT2D eigenvalue weighted by molar-refractivity contribution is 0.198. The van der Waals surface area contributed by atoms with Gasteiger partial charge in [-0.15, -0.1) is 11.6 Å². The molecule has 0 aromatic carbocycles. The lowest BCUT2D eigenvalue weighted by atomic mass is 9.67. The molecule has 0 N–H and O–H groups in total. The maximum absolute atomic E-state index is 6.24. The molecule has 15 heavy (non-hydrogen) atoms. The van der Waals surface area contributed by atoms with Crippen LogP contribution in [0.15, 0.2) is 18.6 Å². The van der Waals surface area contributed by atoms with Crippen molar-refractivity contribution in [1.82, 2.24) is 9.97 Å². The largest absolute Gasteiger partial charge is 0.261 e. The SMILES string of the molecule is CC1(C)CCC(Cl)CC1c1cnccn1. The summed E-state index contributed by atoms with van der Waals surface area (Å²) in [7, 11) is 0. The first-order chi connectivity index (χ1) is 7.09. The van der Waals surface area contributed by atoms with Gasteiger partial charge in [-0.2, -0.15) is 0 Å². The van der Waals surface area contributed by atoms with Crippen LogP contribution in [0, 0.1) is 5.41 Å². The van der Waals surface area contributed by atoms with E-state index < -0.39 is 0 Å². The van der Waals surface area contributed by atoms with Crippen molar-refractivity contribution in [3.63, 3.8) is 0 Å². The second kappa shape index (κ2) is 4.09. The summed E-state index contributed by atoms with van der Waals surface area (Å²) in [6, 6.07) is 0. The van der Waals surface area contributed by atoms with Crippen LogP contribution in [0.1, 0.15) is 44.7 Å². The molecule has 1 heterocycles. The zero-order valence-corrected chi connectivity index (χ0v) is 10.0. The number of halogens is 1. The second-order valence-electron chi connectivity index (χ2n) is 5.04. The molecule has 1 aromatic rings. The minimum atomic E-state index is 0.293. The van der Waals surface area contributed by atoms with Crippen molar-refractivity contribution in [1.29, 1.82) is 0 Å². The molecule has 1 saturated carbocycles. The van der Waals surface area contributed by atoms with Gasteiger partial charge in [-0.1, -0.05) is 13.8 Å². The van der Waals surface area contributed by atoms with Crippen LogP contribution in [0.5, 0.6) is 0 Å². The van der Waals surface area contributed by atoms with Gasteiger partial charge in [0.05, 0.1) is 5.69 Å². The van der Waals surface area contributed by atoms with Crippen molar-refractivity contribution in [2.24, 2.45) is 5.41 Å². The fraction of sp³-hybridized carbons (Fsp3) is 0.667. The highest BCUT2D eigenvalue weighted by atomic mass is 35.5. The van der Waals surface area contributed by atoms with Crippen molar-refractivity contribution in [3.05, 3.63) is 24.3 Å². The van der Waals surface area contributed by atoms with Gasteiger partial charge in [0, 0.05) is 29.9 Å². The zero-order chi connectivity index (χ0) is 10.9. The fourth-order valence-electron chi connectivity index (χ4n) is 2.41. The molecule has 0 saturated heterocycles. The molecule has 3 heteroatoms. The fourth-order valence-corrected chi connectivity index (χ4v) is 2.69. The first kappa shape index (κ1) is 10.9. The molecule has 2 nitrogen and oxygen atoms in total. The van der Waals surface area contributed by atoms with Crippen molar-refractivity contribution in [2.45, 2.75) is 44.4 Å². The number of aromatic nitrogens is 2. The van der Waals surface area contributed by atoms with Crippen LogP contribution in [-0.2, 0) is 0 Å². The van der Waals surface area contributed by atoms with E-state index >= 15 is 0 Å². The molecular weight excluding hydrogens is 208 g/mol. The van der Waals surface area contributed by atoms with Crippen molar-refractivity contribution >= 4 is 11.6 Å². The smallest absolute Gasteiger partial charge is 0.0623 e.